The molecule has 0 saturated heterocycles. The molecule has 0 spiro atoms. The van der Waals surface area contributed by atoms with Crippen LogP contribution >= 0.6 is 0 Å². The molecule has 0 radical (unpaired) electrons. The zero-order valence-corrected chi connectivity index (χ0v) is 46.5. The second kappa shape index (κ2) is 30.6. The zero-order chi connectivity index (χ0) is 58.1. The smallest absolute Gasteiger partial charge is 0.119 e. The number of rotatable bonds is 14. The first-order valence-electron chi connectivity index (χ1n) is 26.7. The number of hydrogen-bond donors (Lipinski definition) is 6. The molecule has 0 fully saturated rings. The normalized spacial score (nSPS) is 10.9. The summed E-state index contributed by atoms with van der Waals surface area (Å²) in [6, 6.07) is 72.0. The minimum Gasteiger partial charge on any atom is -0.508 e. The molecule has 0 amide bonds. The lowest BCUT2D eigenvalue weighted by atomic mass is 10.1. The van der Waals surface area contributed by atoms with E-state index in [0.717, 1.165) is 39.3 Å². The Morgan fingerprint density at radius 2 is 0.488 bits per heavy atom. The van der Waals surface area contributed by atoms with Crippen molar-refractivity contribution < 1.29 is 40.1 Å². The van der Waals surface area contributed by atoms with E-state index in [0.29, 0.717) is 24.5 Å². The van der Waals surface area contributed by atoms with Crippen molar-refractivity contribution in [3.63, 3.8) is 0 Å². The summed E-state index contributed by atoms with van der Waals surface area (Å²) in [6.07, 6.45) is 15.8. The lowest BCUT2D eigenvalue weighted by molar-refractivity contribution is 0.306. The van der Waals surface area contributed by atoms with E-state index in [1.807, 2.05) is 121 Å². The molecule has 0 aromatic heterocycles. The summed E-state index contributed by atoms with van der Waals surface area (Å²) in [5.41, 5.74) is 15.5. The number of benzene rings is 10. The summed E-state index contributed by atoms with van der Waals surface area (Å²) >= 11 is 0. The van der Waals surface area contributed by atoms with Gasteiger partial charge in [0.05, 0.1) is 0 Å². The van der Waals surface area contributed by atoms with Crippen LogP contribution in [0.25, 0.3) is 48.6 Å². The molecule has 412 valence electrons. The molecule has 0 saturated carbocycles. The Morgan fingerprint density at radius 1 is 0.244 bits per heavy atom. The topological polar surface area (TPSA) is 140 Å². The van der Waals surface area contributed by atoms with Crippen molar-refractivity contribution >= 4 is 48.6 Å². The Bertz CT molecular complexity index is 3370. The molecule has 10 aromatic rings. The highest BCUT2D eigenvalue weighted by atomic mass is 16.5. The minimum atomic E-state index is 0.0235. The van der Waals surface area contributed by atoms with E-state index >= 15 is 0 Å². The highest BCUT2D eigenvalue weighted by Gasteiger charge is 2.01. The molecule has 0 aliphatic rings. The largest absolute Gasteiger partial charge is 0.508 e. The van der Waals surface area contributed by atoms with Gasteiger partial charge in [-0.05, 0) is 156 Å². The fourth-order valence-corrected chi connectivity index (χ4v) is 8.41. The van der Waals surface area contributed by atoms with Gasteiger partial charge >= 0.3 is 0 Å². The first-order valence-corrected chi connectivity index (χ1v) is 26.7. The molecule has 0 unspecified atom stereocenters. The molecule has 0 aliphatic carbocycles. The molecular formula is C74H68O8. The Morgan fingerprint density at radius 3 is 0.768 bits per heavy atom. The highest BCUT2D eigenvalue weighted by Crippen LogP contribution is 2.25. The third-order valence-corrected chi connectivity index (χ3v) is 12.3. The summed E-state index contributed by atoms with van der Waals surface area (Å²) in [7, 11) is 0. The molecule has 10 aromatic carbocycles. The van der Waals surface area contributed by atoms with E-state index in [1.165, 1.54) is 56.6 Å². The molecular weight excluding hydrogens is 1020 g/mol. The number of phenols is 6. The van der Waals surface area contributed by atoms with Crippen LogP contribution in [0.5, 0.6) is 46.0 Å². The molecule has 82 heavy (non-hydrogen) atoms. The van der Waals surface area contributed by atoms with E-state index in [-0.39, 0.29) is 28.7 Å². The fourth-order valence-electron chi connectivity index (χ4n) is 8.41. The van der Waals surface area contributed by atoms with Gasteiger partial charge in [0.2, 0.25) is 0 Å². The molecule has 0 bridgehead atoms. The van der Waals surface area contributed by atoms with E-state index in [4.69, 9.17) is 14.6 Å². The Kier molecular flexibility index (Phi) is 22.1. The van der Waals surface area contributed by atoms with Crippen molar-refractivity contribution in [1.29, 1.82) is 0 Å². The van der Waals surface area contributed by atoms with Gasteiger partial charge in [0, 0.05) is 12.1 Å². The van der Waals surface area contributed by atoms with Gasteiger partial charge in [-0.1, -0.05) is 216 Å². The first kappa shape index (κ1) is 59.2. The van der Waals surface area contributed by atoms with Crippen molar-refractivity contribution in [3.8, 4) is 46.0 Å². The number of aryl methyl sites for hydroxylation is 4. The average Bonchev–Trinajstić information content (AvgIpc) is 3.50. The molecule has 8 nitrogen and oxygen atoms in total. The van der Waals surface area contributed by atoms with Crippen LogP contribution in [-0.4, -0.2) is 30.6 Å². The molecule has 6 N–H and O–H groups in total. The minimum absolute atomic E-state index is 0.0235. The third-order valence-electron chi connectivity index (χ3n) is 12.3. The van der Waals surface area contributed by atoms with Gasteiger partial charge in [0.1, 0.15) is 59.2 Å². The molecule has 8 heteroatoms. The summed E-state index contributed by atoms with van der Waals surface area (Å²) < 4.78 is 11.6. The second-order valence-corrected chi connectivity index (χ2v) is 19.6. The maximum Gasteiger partial charge on any atom is 0.119 e. The lowest BCUT2D eigenvalue weighted by Crippen LogP contribution is -1.94. The van der Waals surface area contributed by atoms with Gasteiger partial charge in [-0.3, -0.25) is 0 Å². The predicted molar refractivity (Wildman–Crippen MR) is 338 cm³/mol. The molecule has 0 heterocycles. The Hall–Kier alpha value is -10.4. The summed E-state index contributed by atoms with van der Waals surface area (Å²) in [6.45, 7) is 9.60. The van der Waals surface area contributed by atoms with Crippen molar-refractivity contribution in [2.24, 2.45) is 0 Å². The molecule has 0 atom stereocenters. The van der Waals surface area contributed by atoms with Gasteiger partial charge < -0.3 is 40.1 Å². The summed E-state index contributed by atoms with van der Waals surface area (Å²) in [4.78, 5) is 0. The van der Waals surface area contributed by atoms with E-state index in [2.05, 4.69) is 107 Å². The number of aromatic hydroxyl groups is 6. The number of ether oxygens (including phenoxy) is 2. The van der Waals surface area contributed by atoms with Crippen LogP contribution in [0.4, 0.5) is 0 Å². The second-order valence-electron chi connectivity index (χ2n) is 19.6. The monoisotopic (exact) mass is 1080 g/mol. The van der Waals surface area contributed by atoms with Crippen LogP contribution in [-0.2, 0) is 13.2 Å². The van der Waals surface area contributed by atoms with Crippen molar-refractivity contribution in [3.05, 3.63) is 308 Å². The maximum atomic E-state index is 9.47. The van der Waals surface area contributed by atoms with E-state index in [9.17, 15) is 25.5 Å². The molecule has 10 rings (SSSR count). The van der Waals surface area contributed by atoms with Gasteiger partial charge in [-0.25, -0.2) is 0 Å². The van der Waals surface area contributed by atoms with Gasteiger partial charge in [-0.2, -0.15) is 0 Å². The predicted octanol–water partition coefficient (Wildman–Crippen LogP) is 18.1. The summed E-state index contributed by atoms with van der Waals surface area (Å²) in [5, 5.41) is 55.9. The van der Waals surface area contributed by atoms with E-state index < -0.39 is 0 Å². The van der Waals surface area contributed by atoms with Crippen molar-refractivity contribution in [2.45, 2.75) is 40.9 Å². The fraction of sp³-hybridized carbons (Fsp3) is 0.0811. The van der Waals surface area contributed by atoms with Crippen LogP contribution < -0.4 is 9.47 Å². The number of hydrogen-bond acceptors (Lipinski definition) is 8. The van der Waals surface area contributed by atoms with Gasteiger partial charge in [-0.15, -0.1) is 0 Å². The van der Waals surface area contributed by atoms with Crippen LogP contribution in [0, 0.1) is 27.7 Å². The molecule has 0 aliphatic heterocycles. The third kappa shape index (κ3) is 21.4. The summed E-state index contributed by atoms with van der Waals surface area (Å²) in [5.74, 6) is 2.35. The van der Waals surface area contributed by atoms with Crippen molar-refractivity contribution in [2.75, 3.05) is 0 Å². The van der Waals surface area contributed by atoms with Crippen molar-refractivity contribution in [1.82, 2.24) is 0 Å². The van der Waals surface area contributed by atoms with Gasteiger partial charge in [0.25, 0.3) is 0 Å². The SMILES string of the molecule is Cc1cc(C)cc(/C=C/c2ccc(O)cc2)c1.Cc1cc(C)cc(/C=C/c2ccc(OCc3ccccc3)cc2)c1.Oc1cc(O)cc(/C=C/c2ccc(OCc3ccccc3)cc2)c1.Oc1ccc(/C=C/c2cc(O)cc(O)c2)cc1. The lowest BCUT2D eigenvalue weighted by Gasteiger charge is -2.06. The van der Waals surface area contributed by atoms with Crippen LogP contribution in [0.3, 0.4) is 0 Å². The quantitative estimate of drug-likeness (QED) is 0.0592. The Balaban J connectivity index is 0.000000160. The maximum absolute atomic E-state index is 9.47. The number of phenolic OH excluding ortho intramolecular Hbond substituents is 6. The first-order chi connectivity index (χ1) is 39.6. The van der Waals surface area contributed by atoms with E-state index in [1.54, 1.807) is 66.7 Å². The van der Waals surface area contributed by atoms with Crippen LogP contribution in [0.15, 0.2) is 231 Å². The van der Waals surface area contributed by atoms with Crippen LogP contribution in [0.2, 0.25) is 0 Å². The standard InChI is InChI=1S/C23H22O.C21H18O3.C16H16O.C14H12O3/c1-18-14-19(2)16-22(15-18)9-8-20-10-12-23(13-11-20)24-17-21-6-4-3-5-7-21;22-19-12-18(13-20(23)14-19)7-6-16-8-10-21(11-9-16)24-15-17-4-2-1-3-5-17;1-12-9-13(2)11-15(10-12)4-3-14-5-7-16(17)8-6-14;15-12-5-3-10(4-6-12)1-2-11-7-13(16)9-14(17)8-11/h3-16H,17H2,1-2H3;1-14,22-23H,15H2;3-11,17H,1-2H3;1-9,15-17H/b9-8+;7-6+;4-3+;2-1+. The van der Waals surface area contributed by atoms with Gasteiger partial charge in [0.15, 0.2) is 0 Å². The Labute approximate surface area is 481 Å². The average molecular weight is 1090 g/mol. The highest BCUT2D eigenvalue weighted by molar-refractivity contribution is 5.73. The zero-order valence-electron chi connectivity index (χ0n) is 46.5. The van der Waals surface area contributed by atoms with Crippen LogP contribution in [0.1, 0.15) is 77.9 Å².